The van der Waals surface area contributed by atoms with Crippen LogP contribution in [0.1, 0.15) is 5.56 Å². The minimum absolute atomic E-state index is 0.392. The molecule has 2 heterocycles. The molecule has 0 aliphatic heterocycles. The summed E-state index contributed by atoms with van der Waals surface area (Å²) < 4.78 is 7.79. The van der Waals surface area contributed by atoms with E-state index in [-0.39, 0.29) is 0 Å². The van der Waals surface area contributed by atoms with Crippen LogP contribution in [0.2, 0.25) is 0 Å². The Hall–Kier alpha value is -3.58. The van der Waals surface area contributed by atoms with Gasteiger partial charge in [-0.1, -0.05) is 36.4 Å². The topological polar surface area (TPSA) is 68.1 Å². The van der Waals surface area contributed by atoms with Crippen LogP contribution in [0.3, 0.4) is 0 Å². The lowest BCUT2D eigenvalue weighted by Gasteiger charge is -2.05. The Morgan fingerprint density at radius 2 is 1.78 bits per heavy atom. The number of nitrogens with zero attached hydrogens (tertiary/aromatic N) is 4. The molecule has 7 heteroatoms. The molecule has 0 aliphatic rings. The van der Waals surface area contributed by atoms with Crippen molar-refractivity contribution in [3.05, 3.63) is 89.3 Å². The number of ether oxygens (including phenoxy) is 1. The number of aromatic nitrogens is 4. The van der Waals surface area contributed by atoms with Gasteiger partial charge in [-0.3, -0.25) is 4.98 Å². The molecular formula is C20H15N5OS. The fourth-order valence-corrected chi connectivity index (χ4v) is 2.65. The molecule has 0 saturated heterocycles. The highest BCUT2D eigenvalue weighted by atomic mass is 32.1. The van der Waals surface area contributed by atoms with Crippen molar-refractivity contribution in [1.29, 1.82) is 0 Å². The van der Waals surface area contributed by atoms with Crippen molar-refractivity contribution in [1.82, 2.24) is 19.9 Å². The van der Waals surface area contributed by atoms with E-state index >= 15 is 0 Å². The Kier molecular flexibility index (Phi) is 4.84. The first-order valence-electron chi connectivity index (χ1n) is 8.26. The van der Waals surface area contributed by atoms with Crippen LogP contribution in [0.5, 0.6) is 11.5 Å². The number of pyridine rings is 1. The van der Waals surface area contributed by atoms with Gasteiger partial charge in [0.05, 0.1) is 6.21 Å². The van der Waals surface area contributed by atoms with Gasteiger partial charge in [-0.15, -0.1) is 0 Å². The predicted molar refractivity (Wildman–Crippen MR) is 107 cm³/mol. The van der Waals surface area contributed by atoms with Crippen LogP contribution in [-0.4, -0.2) is 26.1 Å². The Bertz CT molecular complexity index is 1120. The fourth-order valence-electron chi connectivity index (χ4n) is 2.47. The molecule has 0 unspecified atom stereocenters. The second-order valence-electron chi connectivity index (χ2n) is 5.61. The number of H-pyrrole nitrogens is 1. The number of para-hydroxylation sites is 1. The fraction of sp³-hybridized carbons (Fsp3) is 0. The van der Waals surface area contributed by atoms with E-state index in [1.165, 1.54) is 0 Å². The molecule has 2 aromatic carbocycles. The van der Waals surface area contributed by atoms with Gasteiger partial charge in [-0.05, 0) is 54.2 Å². The predicted octanol–water partition coefficient (Wildman–Crippen LogP) is 4.68. The monoisotopic (exact) mass is 373 g/mol. The van der Waals surface area contributed by atoms with Gasteiger partial charge in [0.25, 0.3) is 0 Å². The number of hydrogen-bond acceptors (Lipinski definition) is 5. The average molecular weight is 373 g/mol. The lowest BCUT2D eigenvalue weighted by Crippen LogP contribution is -1.96. The lowest BCUT2D eigenvalue weighted by atomic mass is 10.2. The molecule has 4 aromatic rings. The third-order valence-corrected chi connectivity index (χ3v) is 3.97. The van der Waals surface area contributed by atoms with E-state index in [4.69, 9.17) is 17.0 Å². The number of nitrogens with one attached hydrogen (secondary N) is 1. The highest BCUT2D eigenvalue weighted by molar-refractivity contribution is 7.71. The SMILES string of the molecule is S=c1[nH]nc(-c2ccccn2)n1/N=C\c1cccc(Oc2ccccc2)c1. The minimum Gasteiger partial charge on any atom is -0.457 e. The maximum Gasteiger partial charge on any atom is 0.216 e. The number of aromatic amines is 1. The minimum atomic E-state index is 0.392. The molecule has 0 radical (unpaired) electrons. The van der Waals surface area contributed by atoms with E-state index in [1.807, 2.05) is 72.8 Å². The molecule has 6 nitrogen and oxygen atoms in total. The van der Waals surface area contributed by atoms with E-state index in [0.717, 1.165) is 17.1 Å². The smallest absolute Gasteiger partial charge is 0.216 e. The molecule has 0 spiro atoms. The van der Waals surface area contributed by atoms with Crippen LogP contribution in [-0.2, 0) is 0 Å². The Morgan fingerprint density at radius 3 is 2.59 bits per heavy atom. The van der Waals surface area contributed by atoms with Crippen LogP contribution >= 0.6 is 12.2 Å². The molecule has 132 valence electrons. The molecule has 1 N–H and O–H groups in total. The zero-order chi connectivity index (χ0) is 18.5. The van der Waals surface area contributed by atoms with Crippen LogP contribution in [0, 0.1) is 4.77 Å². The summed E-state index contributed by atoms with van der Waals surface area (Å²) in [6.45, 7) is 0. The normalized spacial score (nSPS) is 11.0. The maximum absolute atomic E-state index is 5.86. The van der Waals surface area contributed by atoms with Crippen molar-refractivity contribution in [2.45, 2.75) is 0 Å². The van der Waals surface area contributed by atoms with Gasteiger partial charge >= 0.3 is 0 Å². The largest absolute Gasteiger partial charge is 0.457 e. The standard InChI is InChI=1S/C20H15N5OS/c27-20-24-23-19(18-11-4-5-12-21-18)25(20)22-14-15-7-6-10-17(13-15)26-16-8-2-1-3-9-16/h1-14H,(H,24,27)/b22-14-. The summed E-state index contributed by atoms with van der Waals surface area (Å²) in [7, 11) is 0. The average Bonchev–Trinajstić information content (AvgIpc) is 3.09. The Labute approximate surface area is 160 Å². The molecule has 0 amide bonds. The van der Waals surface area contributed by atoms with E-state index in [0.29, 0.717) is 16.3 Å². The summed E-state index contributed by atoms with van der Waals surface area (Å²) in [5.74, 6) is 2.06. The van der Waals surface area contributed by atoms with E-state index in [9.17, 15) is 0 Å². The summed E-state index contributed by atoms with van der Waals surface area (Å²) in [5.41, 5.74) is 1.56. The molecular weight excluding hydrogens is 358 g/mol. The lowest BCUT2D eigenvalue weighted by molar-refractivity contribution is 0.482. The molecule has 0 bridgehead atoms. The first-order chi connectivity index (χ1) is 13.3. The molecule has 2 aromatic heterocycles. The maximum atomic E-state index is 5.86. The Morgan fingerprint density at radius 1 is 0.963 bits per heavy atom. The van der Waals surface area contributed by atoms with Crippen molar-refractivity contribution >= 4 is 18.4 Å². The highest BCUT2D eigenvalue weighted by Crippen LogP contribution is 2.21. The zero-order valence-corrected chi connectivity index (χ0v) is 15.0. The van der Waals surface area contributed by atoms with Gasteiger partial charge in [0.2, 0.25) is 10.6 Å². The Balaban J connectivity index is 1.60. The summed E-state index contributed by atoms with van der Waals surface area (Å²) in [5, 5.41) is 11.4. The van der Waals surface area contributed by atoms with Crippen molar-refractivity contribution < 1.29 is 4.74 Å². The van der Waals surface area contributed by atoms with Crippen LogP contribution in [0.25, 0.3) is 11.5 Å². The molecule has 0 fully saturated rings. The van der Waals surface area contributed by atoms with Gasteiger partial charge in [-0.25, -0.2) is 5.10 Å². The number of hydrogen-bond donors (Lipinski definition) is 1. The molecule has 27 heavy (non-hydrogen) atoms. The molecule has 0 atom stereocenters. The summed E-state index contributed by atoms with van der Waals surface area (Å²) in [6.07, 6.45) is 3.40. The molecule has 0 aliphatic carbocycles. The summed E-state index contributed by atoms with van der Waals surface area (Å²) in [6, 6.07) is 22.9. The van der Waals surface area contributed by atoms with Crippen molar-refractivity contribution in [3.8, 4) is 23.0 Å². The first-order valence-corrected chi connectivity index (χ1v) is 8.66. The summed E-state index contributed by atoms with van der Waals surface area (Å²) >= 11 is 5.28. The highest BCUT2D eigenvalue weighted by Gasteiger charge is 2.08. The first kappa shape index (κ1) is 16.9. The zero-order valence-electron chi connectivity index (χ0n) is 14.2. The number of benzene rings is 2. The summed E-state index contributed by atoms with van der Waals surface area (Å²) in [4.78, 5) is 4.30. The van der Waals surface area contributed by atoms with Crippen molar-refractivity contribution in [2.24, 2.45) is 5.10 Å². The van der Waals surface area contributed by atoms with Gasteiger partial charge in [0, 0.05) is 6.20 Å². The van der Waals surface area contributed by atoms with Crippen LogP contribution < -0.4 is 4.74 Å². The molecule has 0 saturated carbocycles. The van der Waals surface area contributed by atoms with Gasteiger partial charge < -0.3 is 4.74 Å². The van der Waals surface area contributed by atoms with E-state index < -0.39 is 0 Å². The van der Waals surface area contributed by atoms with Gasteiger partial charge in [0.15, 0.2) is 0 Å². The second-order valence-corrected chi connectivity index (χ2v) is 6.00. The van der Waals surface area contributed by atoms with E-state index in [2.05, 4.69) is 20.3 Å². The number of rotatable bonds is 5. The van der Waals surface area contributed by atoms with Crippen molar-refractivity contribution in [2.75, 3.05) is 0 Å². The van der Waals surface area contributed by atoms with E-state index in [1.54, 1.807) is 17.1 Å². The van der Waals surface area contributed by atoms with Gasteiger partial charge in [0.1, 0.15) is 17.2 Å². The van der Waals surface area contributed by atoms with Crippen LogP contribution in [0.15, 0.2) is 84.1 Å². The quantitative estimate of drug-likeness (QED) is 0.407. The third kappa shape index (κ3) is 3.99. The second kappa shape index (κ2) is 7.76. The molecule has 4 rings (SSSR count). The van der Waals surface area contributed by atoms with Gasteiger partial charge in [-0.2, -0.15) is 14.9 Å². The van der Waals surface area contributed by atoms with Crippen LogP contribution in [0.4, 0.5) is 0 Å². The third-order valence-electron chi connectivity index (χ3n) is 3.70. The van der Waals surface area contributed by atoms with Crippen molar-refractivity contribution in [3.63, 3.8) is 0 Å².